The lowest BCUT2D eigenvalue weighted by atomic mass is 10.3. The predicted octanol–water partition coefficient (Wildman–Crippen LogP) is 4.39. The van der Waals surface area contributed by atoms with E-state index in [0.717, 1.165) is 33.8 Å². The third kappa shape index (κ3) is 2.90. The van der Waals surface area contributed by atoms with Gasteiger partial charge in [0.1, 0.15) is 11.5 Å². The van der Waals surface area contributed by atoms with E-state index in [4.69, 9.17) is 4.98 Å². The molecule has 0 amide bonds. The highest BCUT2D eigenvalue weighted by Gasteiger charge is 2.31. The quantitative estimate of drug-likeness (QED) is 0.495. The fourth-order valence-electron chi connectivity index (χ4n) is 3.16. The van der Waals surface area contributed by atoms with E-state index in [1.54, 1.807) is 11.8 Å². The topological polar surface area (TPSA) is 48.0 Å². The van der Waals surface area contributed by atoms with Gasteiger partial charge < -0.3 is 4.40 Å². The molecule has 0 atom stereocenters. The van der Waals surface area contributed by atoms with Gasteiger partial charge in [-0.3, -0.25) is 4.57 Å². The number of fused-ring (bicyclic) bond motifs is 1. The van der Waals surface area contributed by atoms with Crippen molar-refractivity contribution >= 4 is 17.4 Å². The summed E-state index contributed by atoms with van der Waals surface area (Å²) in [6.07, 6.45) is 6.62. The third-order valence-electron chi connectivity index (χ3n) is 4.61. The summed E-state index contributed by atoms with van der Waals surface area (Å²) in [5.74, 6) is 2.41. The number of rotatable bonds is 5. The number of aryl methyl sites for hydroxylation is 1. The van der Waals surface area contributed by atoms with Crippen molar-refractivity contribution in [3.8, 4) is 5.69 Å². The molecule has 1 aliphatic carbocycles. The van der Waals surface area contributed by atoms with Gasteiger partial charge in [-0.2, -0.15) is 0 Å². The summed E-state index contributed by atoms with van der Waals surface area (Å²) < 4.78 is 4.30. The normalized spacial score (nSPS) is 14.2. The Labute approximate surface area is 156 Å². The summed E-state index contributed by atoms with van der Waals surface area (Å²) in [6.45, 7) is 2.09. The molecule has 4 aromatic rings. The maximum Gasteiger partial charge on any atom is 0.196 e. The molecule has 0 saturated heterocycles. The summed E-state index contributed by atoms with van der Waals surface area (Å²) in [5, 5.41) is 9.90. The second kappa shape index (κ2) is 6.29. The van der Waals surface area contributed by atoms with Gasteiger partial charge in [-0.1, -0.05) is 36.0 Å². The van der Waals surface area contributed by atoms with Crippen LogP contribution in [0, 0.1) is 6.92 Å². The van der Waals surface area contributed by atoms with Crippen molar-refractivity contribution in [3.63, 3.8) is 0 Å². The minimum absolute atomic E-state index is 0.551. The molecule has 6 heteroatoms. The monoisotopic (exact) mass is 361 g/mol. The fraction of sp³-hybridized carbons (Fsp3) is 0.250. The van der Waals surface area contributed by atoms with Crippen molar-refractivity contribution in [1.29, 1.82) is 0 Å². The summed E-state index contributed by atoms with van der Waals surface area (Å²) >= 11 is 1.69. The Hall–Kier alpha value is -2.60. The lowest BCUT2D eigenvalue weighted by Gasteiger charge is -2.09. The average molecular weight is 361 g/mol. The lowest BCUT2D eigenvalue weighted by molar-refractivity contribution is 0.829. The molecule has 3 aromatic heterocycles. The molecule has 1 aliphatic rings. The number of pyridine rings is 1. The van der Waals surface area contributed by atoms with Crippen LogP contribution >= 0.6 is 11.8 Å². The van der Waals surface area contributed by atoms with Crippen molar-refractivity contribution in [2.75, 3.05) is 0 Å². The molecule has 0 bridgehead atoms. The minimum atomic E-state index is 0.551. The Morgan fingerprint density at radius 3 is 2.69 bits per heavy atom. The van der Waals surface area contributed by atoms with Crippen LogP contribution in [0.4, 0.5) is 0 Å². The molecule has 0 unspecified atom stereocenters. The minimum Gasteiger partial charge on any atom is -0.307 e. The van der Waals surface area contributed by atoms with Gasteiger partial charge in [0.15, 0.2) is 5.16 Å². The molecule has 0 aliphatic heterocycles. The average Bonchev–Trinajstić information content (AvgIpc) is 3.29. The Morgan fingerprint density at radius 1 is 1.04 bits per heavy atom. The molecular formula is C20H19N5S. The van der Waals surface area contributed by atoms with Crippen molar-refractivity contribution in [1.82, 2.24) is 24.1 Å². The van der Waals surface area contributed by atoms with E-state index in [1.165, 1.54) is 18.4 Å². The number of thioether (sulfide) groups is 1. The van der Waals surface area contributed by atoms with Gasteiger partial charge in [0.25, 0.3) is 0 Å². The summed E-state index contributed by atoms with van der Waals surface area (Å²) in [5.41, 5.74) is 4.39. The van der Waals surface area contributed by atoms with Crippen LogP contribution in [-0.2, 0) is 5.75 Å². The van der Waals surface area contributed by atoms with Crippen molar-refractivity contribution in [2.45, 2.75) is 36.6 Å². The van der Waals surface area contributed by atoms with Crippen molar-refractivity contribution < 1.29 is 0 Å². The SMILES string of the molecule is Cc1ccc2nc(CSc3nnc(C4CC4)n3-c3ccccc3)cn2c1. The maximum atomic E-state index is 4.71. The Balaban J connectivity index is 1.44. The Kier molecular flexibility index (Phi) is 3.78. The third-order valence-corrected chi connectivity index (χ3v) is 5.58. The molecular weight excluding hydrogens is 342 g/mol. The largest absolute Gasteiger partial charge is 0.307 e. The van der Waals surface area contributed by atoms with Crippen LogP contribution in [0.5, 0.6) is 0 Å². The first-order valence-electron chi connectivity index (χ1n) is 8.86. The molecule has 26 heavy (non-hydrogen) atoms. The molecule has 1 saturated carbocycles. The molecule has 0 N–H and O–H groups in total. The number of benzene rings is 1. The van der Waals surface area contributed by atoms with Crippen LogP contribution in [0.25, 0.3) is 11.3 Å². The molecule has 1 aromatic carbocycles. The number of aromatic nitrogens is 5. The van der Waals surface area contributed by atoms with E-state index >= 15 is 0 Å². The second-order valence-electron chi connectivity index (χ2n) is 6.78. The van der Waals surface area contributed by atoms with Crippen LogP contribution in [-0.4, -0.2) is 24.1 Å². The van der Waals surface area contributed by atoms with Crippen LogP contribution in [0.1, 0.15) is 35.8 Å². The van der Waals surface area contributed by atoms with Gasteiger partial charge in [-0.25, -0.2) is 4.98 Å². The van der Waals surface area contributed by atoms with Gasteiger partial charge in [0.05, 0.1) is 5.69 Å². The summed E-state index contributed by atoms with van der Waals surface area (Å²) in [4.78, 5) is 4.71. The second-order valence-corrected chi connectivity index (χ2v) is 7.72. The van der Waals surface area contributed by atoms with Crippen LogP contribution in [0.3, 0.4) is 0 Å². The molecule has 130 valence electrons. The van der Waals surface area contributed by atoms with E-state index in [9.17, 15) is 0 Å². The first-order chi connectivity index (χ1) is 12.8. The zero-order valence-electron chi connectivity index (χ0n) is 14.5. The summed E-state index contributed by atoms with van der Waals surface area (Å²) in [6, 6.07) is 14.5. The summed E-state index contributed by atoms with van der Waals surface area (Å²) in [7, 11) is 0. The van der Waals surface area contributed by atoms with E-state index in [1.807, 2.05) is 6.07 Å². The van der Waals surface area contributed by atoms with E-state index in [0.29, 0.717) is 5.92 Å². The first-order valence-corrected chi connectivity index (χ1v) is 9.84. The molecule has 0 radical (unpaired) electrons. The molecule has 3 heterocycles. The van der Waals surface area contributed by atoms with Gasteiger partial charge in [-0.15, -0.1) is 10.2 Å². The molecule has 5 rings (SSSR count). The number of imidazole rings is 1. The fourth-order valence-corrected chi connectivity index (χ4v) is 4.01. The van der Waals surface area contributed by atoms with Crippen LogP contribution < -0.4 is 0 Å². The predicted molar refractivity (Wildman–Crippen MR) is 103 cm³/mol. The van der Waals surface area contributed by atoms with Crippen LogP contribution in [0.15, 0.2) is 60.0 Å². The standard InChI is InChI=1S/C20H19N5S/c1-14-7-10-18-21-16(12-24(18)11-14)13-26-20-23-22-19(15-8-9-15)25(20)17-5-3-2-4-6-17/h2-7,10-12,15H,8-9,13H2,1H3. The van der Waals surface area contributed by atoms with E-state index < -0.39 is 0 Å². The van der Waals surface area contributed by atoms with Gasteiger partial charge >= 0.3 is 0 Å². The van der Waals surface area contributed by atoms with Crippen molar-refractivity contribution in [2.24, 2.45) is 0 Å². The molecule has 1 fully saturated rings. The number of hydrogen-bond donors (Lipinski definition) is 0. The lowest BCUT2D eigenvalue weighted by Crippen LogP contribution is -2.01. The first kappa shape index (κ1) is 15.6. The van der Waals surface area contributed by atoms with Gasteiger partial charge in [-0.05, 0) is 43.5 Å². The van der Waals surface area contributed by atoms with Crippen LogP contribution in [0.2, 0.25) is 0 Å². The zero-order valence-corrected chi connectivity index (χ0v) is 15.4. The number of para-hydroxylation sites is 1. The van der Waals surface area contributed by atoms with Gasteiger partial charge in [0.2, 0.25) is 0 Å². The maximum absolute atomic E-state index is 4.71. The van der Waals surface area contributed by atoms with E-state index in [-0.39, 0.29) is 0 Å². The Morgan fingerprint density at radius 2 is 1.88 bits per heavy atom. The van der Waals surface area contributed by atoms with Crippen molar-refractivity contribution in [3.05, 3.63) is 71.9 Å². The van der Waals surface area contributed by atoms with E-state index in [2.05, 4.69) is 74.9 Å². The molecule has 5 nitrogen and oxygen atoms in total. The highest BCUT2D eigenvalue weighted by atomic mass is 32.2. The highest BCUT2D eigenvalue weighted by Crippen LogP contribution is 2.41. The molecule has 0 spiro atoms. The van der Waals surface area contributed by atoms with Gasteiger partial charge in [0, 0.05) is 29.8 Å². The number of nitrogens with zero attached hydrogens (tertiary/aromatic N) is 5. The zero-order chi connectivity index (χ0) is 17.5. The number of hydrogen-bond acceptors (Lipinski definition) is 4. The Bertz CT molecular complexity index is 1060. The smallest absolute Gasteiger partial charge is 0.196 e. The highest BCUT2D eigenvalue weighted by molar-refractivity contribution is 7.98.